The van der Waals surface area contributed by atoms with Crippen LogP contribution < -0.4 is 0 Å². The number of carbonyl (C=O) groups excluding carboxylic acids is 1. The lowest BCUT2D eigenvalue weighted by atomic mass is 9.87. The highest BCUT2D eigenvalue weighted by Gasteiger charge is 2.31. The van der Waals surface area contributed by atoms with Crippen molar-refractivity contribution in [2.75, 3.05) is 13.1 Å². The highest BCUT2D eigenvalue weighted by Crippen LogP contribution is 2.32. The Morgan fingerprint density at radius 1 is 1.09 bits per heavy atom. The molecular weight excluding hydrogens is 443 g/mol. The molecule has 0 saturated carbocycles. The topological polar surface area (TPSA) is 58.4 Å². The van der Waals surface area contributed by atoms with Gasteiger partial charge in [-0.25, -0.2) is 4.68 Å². The molecule has 34 heavy (non-hydrogen) atoms. The van der Waals surface area contributed by atoms with Gasteiger partial charge in [-0.15, -0.1) is 0 Å². The third-order valence-corrected chi connectivity index (χ3v) is 6.67. The molecule has 1 unspecified atom stereocenters. The number of alkyl halides is 3. The molecule has 180 valence electrons. The number of halogens is 3. The maximum Gasteiger partial charge on any atom is 0.416 e. The molecular formula is C26H28F3N3O2. The fourth-order valence-electron chi connectivity index (χ4n) is 4.65. The number of amides is 1. The van der Waals surface area contributed by atoms with Crippen molar-refractivity contribution in [1.82, 2.24) is 14.7 Å². The maximum absolute atomic E-state index is 13.1. The number of aryl methyl sites for hydroxylation is 1. The van der Waals surface area contributed by atoms with Crippen molar-refractivity contribution in [3.05, 3.63) is 82.7 Å². The first-order valence-corrected chi connectivity index (χ1v) is 11.4. The van der Waals surface area contributed by atoms with Crippen LogP contribution in [0.5, 0.6) is 0 Å². The molecule has 4 rings (SSSR count). The van der Waals surface area contributed by atoms with Crippen molar-refractivity contribution in [1.29, 1.82) is 0 Å². The van der Waals surface area contributed by atoms with Crippen LogP contribution in [0.1, 0.15) is 47.0 Å². The van der Waals surface area contributed by atoms with Crippen molar-refractivity contribution in [2.24, 2.45) is 5.92 Å². The van der Waals surface area contributed by atoms with Gasteiger partial charge in [0, 0.05) is 24.3 Å². The van der Waals surface area contributed by atoms with Crippen LogP contribution >= 0.6 is 0 Å². The summed E-state index contributed by atoms with van der Waals surface area (Å²) in [5, 5.41) is 15.1. The molecule has 0 spiro atoms. The van der Waals surface area contributed by atoms with Gasteiger partial charge in [0.05, 0.1) is 29.5 Å². The van der Waals surface area contributed by atoms with E-state index in [9.17, 15) is 23.1 Å². The van der Waals surface area contributed by atoms with Gasteiger partial charge < -0.3 is 10.0 Å². The lowest BCUT2D eigenvalue weighted by Gasteiger charge is -2.34. The summed E-state index contributed by atoms with van der Waals surface area (Å²) in [6.45, 7) is 4.66. The number of aliphatic hydroxyl groups excluding tert-OH is 1. The van der Waals surface area contributed by atoms with Gasteiger partial charge in [0.25, 0.3) is 0 Å². The highest BCUT2D eigenvalue weighted by atomic mass is 19.4. The molecule has 2 heterocycles. The number of benzene rings is 2. The summed E-state index contributed by atoms with van der Waals surface area (Å²) in [5.41, 5.74) is 2.46. The normalized spacial score (nSPS) is 16.0. The molecule has 3 aromatic rings. The van der Waals surface area contributed by atoms with Crippen LogP contribution in [0.2, 0.25) is 0 Å². The molecule has 1 atom stereocenters. The number of likely N-dealkylation sites (tertiary alicyclic amines) is 1. The van der Waals surface area contributed by atoms with Gasteiger partial charge in [0.15, 0.2) is 0 Å². The first-order valence-electron chi connectivity index (χ1n) is 11.4. The van der Waals surface area contributed by atoms with E-state index >= 15 is 0 Å². The summed E-state index contributed by atoms with van der Waals surface area (Å²) >= 11 is 0. The monoisotopic (exact) mass is 471 g/mol. The van der Waals surface area contributed by atoms with E-state index in [-0.39, 0.29) is 18.2 Å². The highest BCUT2D eigenvalue weighted by molar-refractivity contribution is 5.79. The molecule has 1 saturated heterocycles. The van der Waals surface area contributed by atoms with Gasteiger partial charge in [0.1, 0.15) is 0 Å². The Morgan fingerprint density at radius 2 is 1.76 bits per heavy atom. The second-order valence-electron chi connectivity index (χ2n) is 8.86. The van der Waals surface area contributed by atoms with Crippen LogP contribution in [0.3, 0.4) is 0 Å². The molecule has 1 amide bonds. The zero-order valence-electron chi connectivity index (χ0n) is 19.2. The molecule has 8 heteroatoms. The molecule has 5 nitrogen and oxygen atoms in total. The second kappa shape index (κ2) is 9.62. The lowest BCUT2D eigenvalue weighted by molar-refractivity contribution is -0.137. The number of hydrogen-bond acceptors (Lipinski definition) is 3. The minimum Gasteiger partial charge on any atom is -0.388 e. The Bertz CT molecular complexity index is 1150. The van der Waals surface area contributed by atoms with Crippen LogP contribution in [0, 0.1) is 19.8 Å². The third-order valence-electron chi connectivity index (χ3n) is 6.67. The van der Waals surface area contributed by atoms with Gasteiger partial charge in [-0.2, -0.15) is 18.3 Å². The molecule has 0 aliphatic carbocycles. The van der Waals surface area contributed by atoms with E-state index in [1.54, 1.807) is 24.8 Å². The van der Waals surface area contributed by atoms with Crippen LogP contribution in [0.4, 0.5) is 13.2 Å². The number of hydrogen-bond donors (Lipinski definition) is 1. The van der Waals surface area contributed by atoms with E-state index in [0.717, 1.165) is 23.3 Å². The summed E-state index contributed by atoms with van der Waals surface area (Å²) in [5.74, 6) is 0.0565. The minimum absolute atomic E-state index is 0.0394. The van der Waals surface area contributed by atoms with E-state index < -0.39 is 17.8 Å². The average Bonchev–Trinajstić information content (AvgIpc) is 3.12. The number of rotatable bonds is 5. The van der Waals surface area contributed by atoms with E-state index in [4.69, 9.17) is 0 Å². The molecule has 1 aliphatic heterocycles. The quantitative estimate of drug-likeness (QED) is 0.568. The van der Waals surface area contributed by atoms with Gasteiger partial charge in [-0.3, -0.25) is 4.79 Å². The molecule has 0 bridgehead atoms. The van der Waals surface area contributed by atoms with Crippen molar-refractivity contribution < 1.29 is 23.1 Å². The molecule has 1 N–H and O–H groups in total. The molecule has 1 aromatic heterocycles. The summed E-state index contributed by atoms with van der Waals surface area (Å²) in [6, 6.07) is 14.6. The van der Waals surface area contributed by atoms with Gasteiger partial charge in [-0.1, -0.05) is 36.4 Å². The Labute approximate surface area is 196 Å². The van der Waals surface area contributed by atoms with E-state index in [2.05, 4.69) is 5.10 Å². The third kappa shape index (κ3) is 5.01. The SMILES string of the molecule is Cc1nn(-c2cccc(C(F)(F)F)c2)c(C)c1CC(=O)N1CCC(C(O)c2ccccc2)CC1. The van der Waals surface area contributed by atoms with Crippen LogP contribution in [0.25, 0.3) is 5.69 Å². The maximum atomic E-state index is 13.1. The molecule has 0 radical (unpaired) electrons. The molecule has 2 aromatic carbocycles. The number of carbonyl (C=O) groups is 1. The zero-order chi connectivity index (χ0) is 24.5. The predicted molar refractivity (Wildman–Crippen MR) is 122 cm³/mol. The van der Waals surface area contributed by atoms with Crippen molar-refractivity contribution in [3.63, 3.8) is 0 Å². The van der Waals surface area contributed by atoms with Crippen molar-refractivity contribution in [3.8, 4) is 5.69 Å². The average molecular weight is 472 g/mol. The molecule has 1 fully saturated rings. The van der Waals surface area contributed by atoms with Crippen molar-refractivity contribution in [2.45, 2.75) is 45.4 Å². The fraction of sp³-hybridized carbons (Fsp3) is 0.385. The standard InChI is InChI=1S/C26H28F3N3O2/c1-17-23(18(2)32(30-17)22-10-6-9-21(15-22)26(27,28)29)16-24(33)31-13-11-20(12-14-31)25(34)19-7-4-3-5-8-19/h3-10,15,20,25,34H,11-14,16H2,1-2H3. The lowest BCUT2D eigenvalue weighted by Crippen LogP contribution is -2.40. The van der Waals surface area contributed by atoms with Crippen molar-refractivity contribution >= 4 is 5.91 Å². The summed E-state index contributed by atoms with van der Waals surface area (Å²) in [6.07, 6.45) is -3.42. The summed E-state index contributed by atoms with van der Waals surface area (Å²) in [7, 11) is 0. The zero-order valence-corrected chi connectivity index (χ0v) is 19.2. The summed E-state index contributed by atoms with van der Waals surface area (Å²) < 4.78 is 40.8. The van der Waals surface area contributed by atoms with E-state index in [1.165, 1.54) is 10.7 Å². The largest absolute Gasteiger partial charge is 0.416 e. The second-order valence-corrected chi connectivity index (χ2v) is 8.86. The number of piperidine rings is 1. The summed E-state index contributed by atoms with van der Waals surface area (Å²) in [4.78, 5) is 14.8. The molecule has 1 aliphatic rings. The van der Waals surface area contributed by atoms with Gasteiger partial charge in [0.2, 0.25) is 5.91 Å². The Morgan fingerprint density at radius 3 is 2.41 bits per heavy atom. The number of aromatic nitrogens is 2. The smallest absolute Gasteiger partial charge is 0.388 e. The van der Waals surface area contributed by atoms with Gasteiger partial charge in [-0.05, 0) is 56.4 Å². The van der Waals surface area contributed by atoms with Crippen LogP contribution in [-0.4, -0.2) is 38.8 Å². The van der Waals surface area contributed by atoms with E-state index in [0.29, 0.717) is 43.0 Å². The van der Waals surface area contributed by atoms with Gasteiger partial charge >= 0.3 is 6.18 Å². The van der Waals surface area contributed by atoms with Crippen LogP contribution in [0.15, 0.2) is 54.6 Å². The first kappa shape index (κ1) is 24.0. The predicted octanol–water partition coefficient (Wildman–Crippen LogP) is 5.02. The van der Waals surface area contributed by atoms with Crippen LogP contribution in [-0.2, 0) is 17.4 Å². The fourth-order valence-corrected chi connectivity index (χ4v) is 4.65. The first-order chi connectivity index (χ1) is 16.1. The van der Waals surface area contributed by atoms with E-state index in [1.807, 2.05) is 30.3 Å². The Kier molecular flexibility index (Phi) is 6.79. The Hall–Kier alpha value is -3.13. The number of nitrogens with zero attached hydrogens (tertiary/aromatic N) is 3. The number of aliphatic hydroxyl groups is 1. The Balaban J connectivity index is 1.43. The minimum atomic E-state index is -4.44.